The smallest absolute Gasteiger partial charge is 0.261 e. The van der Waals surface area contributed by atoms with E-state index in [2.05, 4.69) is 10.0 Å². The minimum Gasteiger partial charge on any atom is -0.491 e. The first-order chi connectivity index (χ1) is 11.5. The van der Waals surface area contributed by atoms with Crippen LogP contribution in [0, 0.1) is 0 Å². The zero-order valence-electron chi connectivity index (χ0n) is 13.2. The van der Waals surface area contributed by atoms with E-state index in [9.17, 15) is 13.2 Å². The van der Waals surface area contributed by atoms with Gasteiger partial charge >= 0.3 is 0 Å². The van der Waals surface area contributed by atoms with Crippen LogP contribution in [0.1, 0.15) is 22.8 Å². The predicted molar refractivity (Wildman–Crippen MR) is 90.9 cm³/mol. The van der Waals surface area contributed by atoms with Crippen LogP contribution < -0.4 is 14.8 Å². The number of benzene rings is 2. The van der Waals surface area contributed by atoms with E-state index in [4.69, 9.17) is 4.74 Å². The second-order valence-electron chi connectivity index (χ2n) is 5.42. The minimum atomic E-state index is -3.71. The summed E-state index contributed by atoms with van der Waals surface area (Å²) in [5.74, 6) is 0.163. The zero-order chi connectivity index (χ0) is 17.2. The summed E-state index contributed by atoms with van der Waals surface area (Å²) >= 11 is 0. The number of rotatable bonds is 4. The van der Waals surface area contributed by atoms with E-state index < -0.39 is 10.0 Å². The predicted octanol–water partition coefficient (Wildman–Crippen LogP) is 2.17. The summed E-state index contributed by atoms with van der Waals surface area (Å²) in [7, 11) is -3.71. The molecule has 2 aromatic carbocycles. The molecule has 24 heavy (non-hydrogen) atoms. The molecule has 3 rings (SSSR count). The SMILES string of the molecule is CCc1ccc(S(=O)(=O)Nc2ccc3c(c2)C(=O)NCCO3)cc1. The summed E-state index contributed by atoms with van der Waals surface area (Å²) < 4.78 is 32.9. The Morgan fingerprint density at radius 1 is 1.17 bits per heavy atom. The van der Waals surface area contributed by atoms with Crippen molar-refractivity contribution >= 4 is 21.6 Å². The standard InChI is InChI=1S/C17H18N2O4S/c1-2-12-3-6-14(7-4-12)24(21,22)19-13-5-8-16-15(11-13)17(20)18-9-10-23-16/h3-8,11,19H,2,9-10H2,1H3,(H,18,20). The summed E-state index contributed by atoms with van der Waals surface area (Å²) in [6.07, 6.45) is 0.841. The molecule has 0 fully saturated rings. The number of nitrogens with one attached hydrogen (secondary N) is 2. The van der Waals surface area contributed by atoms with E-state index in [-0.39, 0.29) is 10.8 Å². The van der Waals surface area contributed by atoms with Crippen LogP contribution in [-0.4, -0.2) is 27.5 Å². The maximum atomic E-state index is 12.5. The second-order valence-corrected chi connectivity index (χ2v) is 7.10. The topological polar surface area (TPSA) is 84.5 Å². The first kappa shape index (κ1) is 16.3. The van der Waals surface area contributed by atoms with E-state index in [1.165, 1.54) is 6.07 Å². The van der Waals surface area contributed by atoms with E-state index in [1.807, 2.05) is 6.92 Å². The maximum Gasteiger partial charge on any atom is 0.261 e. The summed E-state index contributed by atoms with van der Waals surface area (Å²) in [5.41, 5.74) is 1.69. The lowest BCUT2D eigenvalue weighted by Crippen LogP contribution is -2.24. The first-order valence-electron chi connectivity index (χ1n) is 7.66. The van der Waals surface area contributed by atoms with Gasteiger partial charge in [-0.25, -0.2) is 8.42 Å². The lowest BCUT2D eigenvalue weighted by Gasteiger charge is -2.11. The van der Waals surface area contributed by atoms with Crippen molar-refractivity contribution in [3.05, 3.63) is 53.6 Å². The molecule has 7 heteroatoms. The van der Waals surface area contributed by atoms with Crippen molar-refractivity contribution in [3.8, 4) is 5.75 Å². The molecule has 0 saturated carbocycles. The molecule has 0 saturated heterocycles. The third-order valence-corrected chi connectivity index (χ3v) is 5.16. The normalized spacial score (nSPS) is 14.1. The van der Waals surface area contributed by atoms with Crippen molar-refractivity contribution in [1.82, 2.24) is 5.32 Å². The number of sulfonamides is 1. The molecule has 0 unspecified atom stereocenters. The summed E-state index contributed by atoms with van der Waals surface area (Å²) in [6.45, 7) is 2.80. The van der Waals surface area contributed by atoms with Gasteiger partial charge in [0.25, 0.3) is 15.9 Å². The Morgan fingerprint density at radius 2 is 1.92 bits per heavy atom. The number of fused-ring (bicyclic) bond motifs is 1. The van der Waals surface area contributed by atoms with Gasteiger partial charge in [0, 0.05) is 5.69 Å². The van der Waals surface area contributed by atoms with E-state index in [0.29, 0.717) is 30.2 Å². The Morgan fingerprint density at radius 3 is 2.62 bits per heavy atom. The molecule has 6 nitrogen and oxygen atoms in total. The molecule has 1 aliphatic heterocycles. The van der Waals surface area contributed by atoms with Crippen LogP contribution >= 0.6 is 0 Å². The monoisotopic (exact) mass is 346 g/mol. The van der Waals surface area contributed by atoms with Gasteiger partial charge in [-0.2, -0.15) is 0 Å². The molecular weight excluding hydrogens is 328 g/mol. The minimum absolute atomic E-state index is 0.176. The van der Waals surface area contributed by atoms with Crippen molar-refractivity contribution in [1.29, 1.82) is 0 Å². The molecule has 2 N–H and O–H groups in total. The molecule has 0 aliphatic carbocycles. The van der Waals surface area contributed by atoms with E-state index in [0.717, 1.165) is 12.0 Å². The molecule has 0 atom stereocenters. The van der Waals surface area contributed by atoms with E-state index >= 15 is 0 Å². The quantitative estimate of drug-likeness (QED) is 0.889. The average Bonchev–Trinajstić information content (AvgIpc) is 2.76. The summed E-state index contributed by atoms with van der Waals surface area (Å²) in [6, 6.07) is 11.4. The van der Waals surface area contributed by atoms with Crippen LogP contribution in [0.5, 0.6) is 5.75 Å². The van der Waals surface area contributed by atoms with Gasteiger partial charge in [0.15, 0.2) is 0 Å². The van der Waals surface area contributed by atoms with Crippen molar-refractivity contribution in [2.24, 2.45) is 0 Å². The summed E-state index contributed by atoms with van der Waals surface area (Å²) in [4.78, 5) is 12.2. The molecule has 2 aromatic rings. The van der Waals surface area contributed by atoms with E-state index in [1.54, 1.807) is 36.4 Å². The molecular formula is C17H18N2O4S. The number of carbonyl (C=O) groups is 1. The number of carbonyl (C=O) groups excluding carboxylic acids is 1. The highest BCUT2D eigenvalue weighted by molar-refractivity contribution is 7.92. The van der Waals surface area contributed by atoms with Gasteiger partial charge in [-0.3, -0.25) is 9.52 Å². The zero-order valence-corrected chi connectivity index (χ0v) is 14.0. The Kier molecular flexibility index (Phi) is 4.44. The maximum absolute atomic E-state index is 12.5. The van der Waals surface area contributed by atoms with Crippen LogP contribution in [0.25, 0.3) is 0 Å². The van der Waals surface area contributed by atoms with Crippen molar-refractivity contribution in [2.75, 3.05) is 17.9 Å². The highest BCUT2D eigenvalue weighted by Gasteiger charge is 2.19. The largest absolute Gasteiger partial charge is 0.491 e. The van der Waals surface area contributed by atoms with Crippen LogP contribution in [0.15, 0.2) is 47.4 Å². The van der Waals surface area contributed by atoms with Gasteiger partial charge in [-0.1, -0.05) is 19.1 Å². The molecule has 1 heterocycles. The van der Waals surface area contributed by atoms with Crippen LogP contribution in [0.3, 0.4) is 0 Å². The molecule has 1 amide bonds. The molecule has 1 aliphatic rings. The number of hydrogen-bond donors (Lipinski definition) is 2. The fraction of sp³-hybridized carbons (Fsp3) is 0.235. The van der Waals surface area contributed by atoms with Gasteiger partial charge in [0.05, 0.1) is 17.0 Å². The third-order valence-electron chi connectivity index (χ3n) is 3.76. The van der Waals surface area contributed by atoms with Gasteiger partial charge in [-0.15, -0.1) is 0 Å². The van der Waals surface area contributed by atoms with Crippen LogP contribution in [0.4, 0.5) is 5.69 Å². The second kappa shape index (κ2) is 6.52. The van der Waals surface area contributed by atoms with Gasteiger partial charge in [0.1, 0.15) is 12.4 Å². The lowest BCUT2D eigenvalue weighted by atomic mass is 10.1. The Bertz CT molecular complexity index is 861. The van der Waals surface area contributed by atoms with Gasteiger partial charge in [0.2, 0.25) is 0 Å². The first-order valence-corrected chi connectivity index (χ1v) is 9.15. The number of amides is 1. The Hall–Kier alpha value is -2.54. The molecule has 0 spiro atoms. The van der Waals surface area contributed by atoms with Crippen molar-refractivity contribution in [2.45, 2.75) is 18.2 Å². The summed E-state index contributed by atoms with van der Waals surface area (Å²) in [5, 5.41) is 2.69. The number of hydrogen-bond acceptors (Lipinski definition) is 4. The highest BCUT2D eigenvalue weighted by atomic mass is 32.2. The van der Waals surface area contributed by atoms with Gasteiger partial charge in [-0.05, 0) is 42.3 Å². The molecule has 0 radical (unpaired) electrons. The fourth-order valence-electron chi connectivity index (χ4n) is 2.44. The number of ether oxygens (including phenoxy) is 1. The Labute approximate surface area is 140 Å². The third kappa shape index (κ3) is 3.35. The van der Waals surface area contributed by atoms with Crippen molar-refractivity contribution in [3.63, 3.8) is 0 Å². The fourth-order valence-corrected chi connectivity index (χ4v) is 3.49. The molecule has 126 valence electrons. The Balaban J connectivity index is 1.88. The average molecular weight is 346 g/mol. The van der Waals surface area contributed by atoms with Crippen LogP contribution in [-0.2, 0) is 16.4 Å². The van der Waals surface area contributed by atoms with Gasteiger partial charge < -0.3 is 10.1 Å². The number of anilines is 1. The van der Waals surface area contributed by atoms with Crippen LogP contribution in [0.2, 0.25) is 0 Å². The molecule has 0 aromatic heterocycles. The number of aryl methyl sites for hydroxylation is 1. The van der Waals surface area contributed by atoms with Crippen molar-refractivity contribution < 1.29 is 17.9 Å². The lowest BCUT2D eigenvalue weighted by molar-refractivity contribution is 0.0957. The highest BCUT2D eigenvalue weighted by Crippen LogP contribution is 2.26. The molecule has 0 bridgehead atoms.